The molecule has 1 aliphatic rings. The molecule has 0 spiro atoms. The summed E-state index contributed by atoms with van der Waals surface area (Å²) in [7, 11) is -3.44. The molecule has 2 aromatic rings. The maximum Gasteiger partial charge on any atom is 0.354 e. The summed E-state index contributed by atoms with van der Waals surface area (Å²) < 4.78 is 26.4. The molecule has 23 heavy (non-hydrogen) atoms. The van der Waals surface area contributed by atoms with E-state index in [0.717, 1.165) is 12.8 Å². The van der Waals surface area contributed by atoms with Gasteiger partial charge in [0.2, 0.25) is 10.0 Å². The Bertz CT molecular complexity index is 825. The molecule has 1 N–H and O–H groups in total. The van der Waals surface area contributed by atoms with Crippen LogP contribution in [0.3, 0.4) is 0 Å². The summed E-state index contributed by atoms with van der Waals surface area (Å²) in [4.78, 5) is 15.3. The molecular weight excluding hydrogens is 316 g/mol. The number of carbonyl (C=O) groups is 1. The Balaban J connectivity index is 1.90. The van der Waals surface area contributed by atoms with E-state index in [1.807, 2.05) is 0 Å². The highest BCUT2D eigenvalue weighted by Crippen LogP contribution is 2.24. The van der Waals surface area contributed by atoms with Crippen LogP contribution in [0.4, 0.5) is 0 Å². The van der Waals surface area contributed by atoms with Crippen molar-refractivity contribution in [3.63, 3.8) is 0 Å². The van der Waals surface area contributed by atoms with Gasteiger partial charge in [-0.3, -0.25) is 0 Å². The standard InChI is InChI=1S/C16H16N2O4S/c19-16(20)15-5-3-4-14(17-15)12-6-8-13(9-7-12)23(21,22)18-10-1-2-11-18/h3-9H,1-2,10-11H2,(H,19,20). The lowest BCUT2D eigenvalue weighted by Gasteiger charge is -2.15. The molecule has 0 aliphatic carbocycles. The lowest BCUT2D eigenvalue weighted by molar-refractivity contribution is 0.0690. The Morgan fingerprint density at radius 2 is 1.70 bits per heavy atom. The van der Waals surface area contributed by atoms with Crippen molar-refractivity contribution in [2.75, 3.05) is 13.1 Å². The first-order chi connectivity index (χ1) is 11.0. The van der Waals surface area contributed by atoms with E-state index in [0.29, 0.717) is 24.3 Å². The fourth-order valence-corrected chi connectivity index (χ4v) is 4.11. The molecule has 0 saturated carbocycles. The van der Waals surface area contributed by atoms with E-state index in [-0.39, 0.29) is 10.6 Å². The first-order valence-electron chi connectivity index (χ1n) is 7.29. The summed E-state index contributed by atoms with van der Waals surface area (Å²) >= 11 is 0. The van der Waals surface area contributed by atoms with Gasteiger partial charge in [0.05, 0.1) is 10.6 Å². The number of hydrogen-bond acceptors (Lipinski definition) is 4. The molecule has 1 fully saturated rings. The Kier molecular flexibility index (Phi) is 4.14. The van der Waals surface area contributed by atoms with Crippen molar-refractivity contribution in [2.24, 2.45) is 0 Å². The summed E-state index contributed by atoms with van der Waals surface area (Å²) in [6.07, 6.45) is 1.78. The molecule has 1 aromatic heterocycles. The minimum Gasteiger partial charge on any atom is -0.477 e. The van der Waals surface area contributed by atoms with Gasteiger partial charge in [0.1, 0.15) is 5.69 Å². The van der Waals surface area contributed by atoms with E-state index < -0.39 is 16.0 Å². The van der Waals surface area contributed by atoms with Crippen molar-refractivity contribution in [1.29, 1.82) is 0 Å². The first-order valence-corrected chi connectivity index (χ1v) is 8.73. The molecule has 3 rings (SSSR count). The molecule has 1 aliphatic heterocycles. The minimum absolute atomic E-state index is 0.0451. The zero-order valence-electron chi connectivity index (χ0n) is 12.3. The fourth-order valence-electron chi connectivity index (χ4n) is 2.59. The van der Waals surface area contributed by atoms with Crippen LogP contribution >= 0.6 is 0 Å². The molecule has 120 valence electrons. The number of nitrogens with zero attached hydrogens (tertiary/aromatic N) is 2. The normalized spacial score (nSPS) is 15.7. The zero-order valence-corrected chi connectivity index (χ0v) is 13.2. The van der Waals surface area contributed by atoms with Crippen LogP contribution in [-0.4, -0.2) is 41.9 Å². The van der Waals surface area contributed by atoms with Gasteiger partial charge in [-0.15, -0.1) is 0 Å². The average Bonchev–Trinajstić information content (AvgIpc) is 3.10. The number of aromatic nitrogens is 1. The molecule has 2 heterocycles. The van der Waals surface area contributed by atoms with Crippen molar-refractivity contribution < 1.29 is 18.3 Å². The van der Waals surface area contributed by atoms with Crippen LogP contribution in [0.15, 0.2) is 47.4 Å². The van der Waals surface area contributed by atoms with Crippen molar-refractivity contribution in [1.82, 2.24) is 9.29 Å². The number of carboxylic acid groups (broad SMARTS) is 1. The highest BCUT2D eigenvalue weighted by Gasteiger charge is 2.26. The van der Waals surface area contributed by atoms with Gasteiger partial charge in [-0.2, -0.15) is 4.31 Å². The predicted molar refractivity (Wildman–Crippen MR) is 84.6 cm³/mol. The molecule has 1 saturated heterocycles. The zero-order chi connectivity index (χ0) is 16.4. The maximum atomic E-state index is 12.5. The maximum absolute atomic E-state index is 12.5. The highest BCUT2D eigenvalue weighted by atomic mass is 32.2. The van der Waals surface area contributed by atoms with Crippen LogP contribution in [0.1, 0.15) is 23.3 Å². The predicted octanol–water partition coefficient (Wildman–Crippen LogP) is 2.23. The van der Waals surface area contributed by atoms with Gasteiger partial charge in [-0.25, -0.2) is 18.2 Å². The number of sulfonamides is 1. The Morgan fingerprint density at radius 3 is 2.30 bits per heavy atom. The molecular formula is C16H16N2O4S. The van der Waals surface area contributed by atoms with Crippen LogP contribution < -0.4 is 0 Å². The smallest absolute Gasteiger partial charge is 0.354 e. The van der Waals surface area contributed by atoms with E-state index in [4.69, 9.17) is 5.11 Å². The third-order valence-electron chi connectivity index (χ3n) is 3.82. The second-order valence-corrected chi connectivity index (χ2v) is 7.29. The van der Waals surface area contributed by atoms with Gasteiger partial charge in [0.25, 0.3) is 0 Å². The van der Waals surface area contributed by atoms with E-state index in [9.17, 15) is 13.2 Å². The number of aromatic carboxylic acids is 1. The monoisotopic (exact) mass is 332 g/mol. The van der Waals surface area contributed by atoms with Gasteiger partial charge in [0, 0.05) is 18.7 Å². The lowest BCUT2D eigenvalue weighted by atomic mass is 10.1. The number of pyridine rings is 1. The number of hydrogen-bond donors (Lipinski definition) is 1. The SMILES string of the molecule is O=C(O)c1cccc(-c2ccc(S(=O)(=O)N3CCCC3)cc2)n1. The van der Waals surface area contributed by atoms with Crippen molar-refractivity contribution in [2.45, 2.75) is 17.7 Å². The molecule has 0 bridgehead atoms. The number of carboxylic acids is 1. The summed E-state index contributed by atoms with van der Waals surface area (Å²) in [5.74, 6) is -1.10. The van der Waals surface area contributed by atoms with Crippen LogP contribution in [0.25, 0.3) is 11.3 Å². The molecule has 0 atom stereocenters. The topological polar surface area (TPSA) is 87.6 Å². The molecule has 0 radical (unpaired) electrons. The third kappa shape index (κ3) is 3.11. The Morgan fingerprint density at radius 1 is 1.04 bits per heavy atom. The minimum atomic E-state index is -3.44. The molecule has 1 aromatic carbocycles. The van der Waals surface area contributed by atoms with Gasteiger partial charge < -0.3 is 5.11 Å². The summed E-state index contributed by atoms with van der Waals surface area (Å²) in [6.45, 7) is 1.12. The Labute approximate surface area is 134 Å². The fraction of sp³-hybridized carbons (Fsp3) is 0.250. The van der Waals surface area contributed by atoms with Crippen LogP contribution in [0, 0.1) is 0 Å². The van der Waals surface area contributed by atoms with Gasteiger partial charge in [0.15, 0.2) is 0 Å². The number of benzene rings is 1. The van der Waals surface area contributed by atoms with Gasteiger partial charge in [-0.1, -0.05) is 18.2 Å². The van der Waals surface area contributed by atoms with E-state index in [1.54, 1.807) is 24.3 Å². The highest BCUT2D eigenvalue weighted by molar-refractivity contribution is 7.89. The molecule has 0 amide bonds. The molecule has 6 nitrogen and oxygen atoms in total. The van der Waals surface area contributed by atoms with Crippen LogP contribution in [-0.2, 0) is 10.0 Å². The van der Waals surface area contributed by atoms with Crippen LogP contribution in [0.5, 0.6) is 0 Å². The van der Waals surface area contributed by atoms with Gasteiger partial charge >= 0.3 is 5.97 Å². The van der Waals surface area contributed by atoms with Crippen molar-refractivity contribution in [3.05, 3.63) is 48.2 Å². The first kappa shape index (κ1) is 15.6. The third-order valence-corrected chi connectivity index (χ3v) is 5.73. The molecule has 7 heteroatoms. The summed E-state index contributed by atoms with van der Waals surface area (Å²) in [5, 5.41) is 8.98. The lowest BCUT2D eigenvalue weighted by Crippen LogP contribution is -2.27. The summed E-state index contributed by atoms with van der Waals surface area (Å²) in [5.41, 5.74) is 1.12. The van der Waals surface area contributed by atoms with E-state index >= 15 is 0 Å². The number of rotatable bonds is 4. The second kappa shape index (κ2) is 6.10. The second-order valence-electron chi connectivity index (χ2n) is 5.35. The van der Waals surface area contributed by atoms with E-state index in [2.05, 4.69) is 4.98 Å². The largest absolute Gasteiger partial charge is 0.477 e. The van der Waals surface area contributed by atoms with E-state index in [1.165, 1.54) is 22.5 Å². The molecule has 0 unspecified atom stereocenters. The van der Waals surface area contributed by atoms with Crippen LogP contribution in [0.2, 0.25) is 0 Å². The summed E-state index contributed by atoms with van der Waals surface area (Å²) in [6, 6.07) is 11.1. The van der Waals surface area contributed by atoms with Crippen molar-refractivity contribution in [3.8, 4) is 11.3 Å². The van der Waals surface area contributed by atoms with Crippen molar-refractivity contribution >= 4 is 16.0 Å². The average molecular weight is 332 g/mol. The van der Waals surface area contributed by atoms with Gasteiger partial charge in [-0.05, 0) is 37.1 Å². The quantitative estimate of drug-likeness (QED) is 0.927. The Hall–Kier alpha value is -2.25.